The monoisotopic (exact) mass is 338 g/mol. The number of aromatic nitrogens is 1. The summed E-state index contributed by atoms with van der Waals surface area (Å²) in [5.74, 6) is -1.37. The fourth-order valence-electron chi connectivity index (χ4n) is 1.55. The quantitative estimate of drug-likeness (QED) is 0.332. The predicted octanol–water partition coefficient (Wildman–Crippen LogP) is 3.06. The van der Waals surface area contributed by atoms with Crippen molar-refractivity contribution in [3.05, 3.63) is 28.2 Å². The van der Waals surface area contributed by atoms with Gasteiger partial charge in [-0.2, -0.15) is 8.78 Å². The molecule has 1 saturated carbocycles. The molecular formula is C12H13F3N2O2S2. The molecule has 0 aromatic carbocycles. The molecule has 2 rings (SSSR count). The van der Waals surface area contributed by atoms with Gasteiger partial charge in [-0.1, -0.05) is 11.3 Å². The van der Waals surface area contributed by atoms with E-state index in [1.807, 2.05) is 0 Å². The minimum atomic E-state index is -2.39. The predicted molar refractivity (Wildman–Crippen MR) is 74.7 cm³/mol. The summed E-state index contributed by atoms with van der Waals surface area (Å²) in [6.45, 7) is 0.433. The smallest absolute Gasteiger partial charge is 0.301 e. The third-order valence-electron chi connectivity index (χ3n) is 2.82. The maximum absolute atomic E-state index is 12.6. The lowest BCUT2D eigenvalue weighted by atomic mass is 10.4. The Bertz CT molecular complexity index is 593. The van der Waals surface area contributed by atoms with E-state index >= 15 is 0 Å². The van der Waals surface area contributed by atoms with Crippen molar-refractivity contribution in [1.82, 2.24) is 4.98 Å². The van der Waals surface area contributed by atoms with Crippen LogP contribution in [0.3, 0.4) is 0 Å². The van der Waals surface area contributed by atoms with Crippen LogP contribution in [-0.4, -0.2) is 32.4 Å². The molecule has 0 radical (unpaired) electrons. The molecule has 1 aliphatic carbocycles. The largest absolute Gasteiger partial charge is 0.624 e. The van der Waals surface area contributed by atoms with Crippen molar-refractivity contribution in [2.75, 3.05) is 12.3 Å². The Morgan fingerprint density at radius 1 is 1.52 bits per heavy atom. The first-order valence-corrected chi connectivity index (χ1v) is 8.41. The van der Waals surface area contributed by atoms with Crippen molar-refractivity contribution in [3.8, 4) is 0 Å². The van der Waals surface area contributed by atoms with Gasteiger partial charge in [0.05, 0.1) is 17.0 Å². The summed E-state index contributed by atoms with van der Waals surface area (Å²) in [4.78, 5) is 4.43. The molecule has 1 fully saturated rings. The van der Waals surface area contributed by atoms with Crippen LogP contribution in [0.2, 0.25) is 0 Å². The van der Waals surface area contributed by atoms with Gasteiger partial charge >= 0.3 is 6.08 Å². The van der Waals surface area contributed by atoms with Crippen molar-refractivity contribution in [2.24, 2.45) is 5.92 Å². The molecule has 1 aliphatic rings. The van der Waals surface area contributed by atoms with E-state index in [0.717, 1.165) is 28.9 Å². The number of hydroxylamine groups is 1. The fourth-order valence-corrected chi connectivity index (χ4v) is 3.75. The molecule has 1 unspecified atom stereocenters. The van der Waals surface area contributed by atoms with E-state index in [1.165, 1.54) is 12.4 Å². The molecule has 0 saturated heterocycles. The number of thiazole rings is 1. The summed E-state index contributed by atoms with van der Waals surface area (Å²) in [5.41, 5.74) is 0. The molecule has 4 nitrogen and oxygen atoms in total. The van der Waals surface area contributed by atoms with E-state index in [9.17, 15) is 22.6 Å². The van der Waals surface area contributed by atoms with Crippen molar-refractivity contribution < 1.29 is 22.1 Å². The summed E-state index contributed by atoms with van der Waals surface area (Å²) >= 11 is 1.04. The van der Waals surface area contributed by atoms with E-state index in [4.69, 9.17) is 0 Å². The first-order chi connectivity index (χ1) is 9.95. The highest BCUT2D eigenvalue weighted by Crippen LogP contribution is 2.28. The summed E-state index contributed by atoms with van der Waals surface area (Å²) in [5, 5.41) is 11.6. The van der Waals surface area contributed by atoms with Crippen molar-refractivity contribution in [1.29, 1.82) is 0 Å². The van der Waals surface area contributed by atoms with Crippen molar-refractivity contribution >= 4 is 28.4 Å². The maximum Gasteiger partial charge on any atom is 0.301 e. The van der Waals surface area contributed by atoms with Crippen LogP contribution in [0.4, 0.5) is 13.2 Å². The SMILES string of the molecule is O=S(CCC(F)=C(F)F)c1ncc(/C=[N+](\[O-])CC2CC2)s1. The second-order valence-electron chi connectivity index (χ2n) is 4.67. The van der Waals surface area contributed by atoms with E-state index in [0.29, 0.717) is 17.3 Å². The van der Waals surface area contributed by atoms with Gasteiger partial charge in [0.15, 0.2) is 22.9 Å². The zero-order valence-corrected chi connectivity index (χ0v) is 12.6. The Labute approximate surface area is 126 Å². The summed E-state index contributed by atoms with van der Waals surface area (Å²) < 4.78 is 49.2. The molecule has 1 aromatic rings. The number of allylic oxidation sites excluding steroid dienone is 1. The third kappa shape index (κ3) is 5.24. The summed E-state index contributed by atoms with van der Waals surface area (Å²) in [7, 11) is -1.65. The molecule has 1 heterocycles. The minimum Gasteiger partial charge on any atom is -0.624 e. The van der Waals surface area contributed by atoms with Gasteiger partial charge in [0, 0.05) is 18.1 Å². The fraction of sp³-hybridized carbons (Fsp3) is 0.500. The lowest BCUT2D eigenvalue weighted by Gasteiger charge is -2.00. The van der Waals surface area contributed by atoms with Crippen LogP contribution in [-0.2, 0) is 10.8 Å². The van der Waals surface area contributed by atoms with E-state index in [-0.39, 0.29) is 10.1 Å². The maximum atomic E-state index is 12.6. The average Bonchev–Trinajstić information content (AvgIpc) is 3.11. The molecule has 1 atom stereocenters. The lowest BCUT2D eigenvalue weighted by Crippen LogP contribution is -2.08. The van der Waals surface area contributed by atoms with Crippen LogP contribution in [0.15, 0.2) is 22.4 Å². The Balaban J connectivity index is 1.92. The van der Waals surface area contributed by atoms with Crippen LogP contribution >= 0.6 is 11.3 Å². The molecule has 0 amide bonds. The standard InChI is InChI=1S/C12H13F3N2O2S2/c13-10(11(14)15)3-4-21(19)12-16-5-9(20-12)7-17(18)6-8-1-2-8/h5,7-8H,1-4,6H2/b17-7-. The molecular weight excluding hydrogens is 325 g/mol. The van der Waals surface area contributed by atoms with Crippen molar-refractivity contribution in [2.45, 2.75) is 23.6 Å². The Morgan fingerprint density at radius 2 is 2.24 bits per heavy atom. The van der Waals surface area contributed by atoms with Crippen LogP contribution in [0.25, 0.3) is 0 Å². The van der Waals surface area contributed by atoms with Crippen LogP contribution in [0.5, 0.6) is 0 Å². The number of hydrogen-bond donors (Lipinski definition) is 0. The second-order valence-corrected chi connectivity index (χ2v) is 7.47. The third-order valence-corrected chi connectivity index (χ3v) is 5.42. The molecule has 0 bridgehead atoms. The summed E-state index contributed by atoms with van der Waals surface area (Å²) in [6.07, 6.45) is 1.92. The number of rotatable bonds is 7. The van der Waals surface area contributed by atoms with E-state index in [1.54, 1.807) is 0 Å². The minimum absolute atomic E-state index is 0.202. The lowest BCUT2D eigenvalue weighted by molar-refractivity contribution is -0.456. The Kier molecular flexibility index (Phi) is 5.51. The highest BCUT2D eigenvalue weighted by atomic mass is 32.2. The Morgan fingerprint density at radius 3 is 2.86 bits per heavy atom. The Hall–Kier alpha value is -1.22. The van der Waals surface area contributed by atoms with Gasteiger partial charge in [0.2, 0.25) is 0 Å². The van der Waals surface area contributed by atoms with Crippen molar-refractivity contribution in [3.63, 3.8) is 0 Å². The van der Waals surface area contributed by atoms with Crippen LogP contribution in [0.1, 0.15) is 24.1 Å². The second kappa shape index (κ2) is 7.17. The highest BCUT2D eigenvalue weighted by molar-refractivity contribution is 7.87. The first kappa shape index (κ1) is 16.2. The molecule has 0 N–H and O–H groups in total. The average molecular weight is 338 g/mol. The van der Waals surface area contributed by atoms with Gasteiger partial charge in [0.25, 0.3) is 0 Å². The number of hydrogen-bond acceptors (Lipinski definition) is 4. The number of halogens is 3. The van der Waals surface area contributed by atoms with E-state index in [2.05, 4.69) is 4.98 Å². The van der Waals surface area contributed by atoms with Crippen LogP contribution in [0, 0.1) is 11.1 Å². The molecule has 116 valence electrons. The normalized spacial score (nSPS) is 16.8. The molecule has 0 spiro atoms. The van der Waals surface area contributed by atoms with Gasteiger partial charge in [-0.15, -0.1) is 0 Å². The van der Waals surface area contributed by atoms with Gasteiger partial charge in [0.1, 0.15) is 4.88 Å². The number of nitrogens with zero attached hydrogens (tertiary/aromatic N) is 2. The highest BCUT2D eigenvalue weighted by Gasteiger charge is 2.25. The van der Waals surface area contributed by atoms with Gasteiger partial charge in [-0.25, -0.2) is 14.1 Å². The van der Waals surface area contributed by atoms with Gasteiger partial charge < -0.3 is 5.21 Å². The van der Waals surface area contributed by atoms with Gasteiger partial charge in [-0.05, 0) is 12.8 Å². The van der Waals surface area contributed by atoms with E-state index < -0.39 is 29.1 Å². The van der Waals surface area contributed by atoms with Gasteiger partial charge in [-0.3, -0.25) is 4.21 Å². The topological polar surface area (TPSA) is 56.0 Å². The molecule has 1 aromatic heterocycles. The van der Waals surface area contributed by atoms with Crippen LogP contribution < -0.4 is 0 Å². The molecule has 9 heteroatoms. The first-order valence-electron chi connectivity index (χ1n) is 6.28. The molecule has 0 aliphatic heterocycles. The zero-order valence-electron chi connectivity index (χ0n) is 10.9. The summed E-state index contributed by atoms with van der Waals surface area (Å²) in [6, 6.07) is 0. The zero-order chi connectivity index (χ0) is 15.4. The molecule has 21 heavy (non-hydrogen) atoms.